The van der Waals surface area contributed by atoms with Crippen LogP contribution in [0, 0.1) is 0 Å². The summed E-state index contributed by atoms with van der Waals surface area (Å²) in [5.41, 5.74) is 19.6. The molecule has 6 heterocycles. The maximum Gasteiger partial charge on any atom is 0.252 e. The normalized spacial score (nSPS) is 14.1. The molecule has 0 radical (unpaired) electrons. The van der Waals surface area contributed by atoms with Crippen molar-refractivity contribution in [2.45, 2.75) is 0 Å². The van der Waals surface area contributed by atoms with Crippen molar-refractivity contribution in [3.8, 4) is 45.0 Å². The van der Waals surface area contributed by atoms with E-state index < -0.39 is 43.0 Å². The molecule has 2 aliphatic rings. The monoisotopic (exact) mass is 1240 g/mol. The molecule has 0 fully saturated rings. The molecule has 19 aromatic rings. The summed E-state index contributed by atoms with van der Waals surface area (Å²) in [6, 6.07) is 94.9. The van der Waals surface area contributed by atoms with Crippen molar-refractivity contribution < 1.29 is 13.7 Å². The van der Waals surface area contributed by atoms with E-state index in [4.69, 9.17) is 8.22 Å². The summed E-state index contributed by atoms with van der Waals surface area (Å²) in [4.78, 5) is 4.39. The maximum atomic E-state index is 9.61. The number of fused-ring (bicyclic) bond motifs is 16. The van der Waals surface area contributed by atoms with E-state index in [1.807, 2.05) is 54.6 Å². The Kier molecular flexibility index (Phi) is 9.59. The smallest absolute Gasteiger partial charge is 0.252 e. The van der Waals surface area contributed by atoms with E-state index in [9.17, 15) is 5.48 Å². The quantitative estimate of drug-likeness (QED) is 0.142. The van der Waals surface area contributed by atoms with Gasteiger partial charge < -0.3 is 28.1 Å². The number of para-hydroxylation sites is 10. The molecule has 15 aromatic carbocycles. The molecule has 4 aromatic heterocycles. The first-order valence-electron chi connectivity index (χ1n) is 37.7. The molecule has 0 atom stereocenters. The highest BCUT2D eigenvalue weighted by Crippen LogP contribution is 2.51. The van der Waals surface area contributed by atoms with Gasteiger partial charge in [0.2, 0.25) is 0 Å². The van der Waals surface area contributed by atoms with Crippen LogP contribution < -0.4 is 26.2 Å². The third-order valence-electron chi connectivity index (χ3n) is 20.3. The van der Waals surface area contributed by atoms with Gasteiger partial charge in [-0.1, -0.05) is 248 Å². The summed E-state index contributed by atoms with van der Waals surface area (Å²) < 4.78 is 102. The third-order valence-corrected chi connectivity index (χ3v) is 20.3. The lowest BCUT2D eigenvalue weighted by Crippen LogP contribution is -2.61. The minimum atomic E-state index is -0.528. The van der Waals surface area contributed by atoms with Crippen LogP contribution in [0.3, 0.4) is 0 Å². The lowest BCUT2D eigenvalue weighted by atomic mass is 9.33. The van der Waals surface area contributed by atoms with E-state index in [0.717, 1.165) is 149 Å². The molecule has 0 spiro atoms. The first-order chi connectivity index (χ1) is 52.4. The number of hydrogen-bond donors (Lipinski definition) is 0. The molecule has 0 aliphatic carbocycles. The standard InChI is InChI=1S/C90H57BN6/c1-3-26-58(27-4-1)62-30-7-15-40-74(62)96-82-48-25-49-83-88(82)91(72-54-52-60(56-86(72)96)92-76-42-17-13-36-68(76)70-38-23-50-84(89(70)92)94-78-44-19-9-32-64(78)65-33-10-20-45-79(65)94)73-55-53-61(57-87(73)97(83)75-41-16-8-31-63(75)59-28-5-2-6-29-59)93-77-43-18-14-37-69(77)71-39-24-51-85(90(71)93)95-80-46-21-11-34-66(80)67-35-12-22-47-81(67)95/h1-57H/i1D,2D,3D,4D,5D,6D,26D,27D,28D,29D. The summed E-state index contributed by atoms with van der Waals surface area (Å²) >= 11 is 0. The number of hydrogen-bond acceptors (Lipinski definition) is 2. The molecular weight excluding hydrogens is 1180 g/mol. The van der Waals surface area contributed by atoms with Gasteiger partial charge in [-0.15, -0.1) is 0 Å². The lowest BCUT2D eigenvalue weighted by Gasteiger charge is -2.45. The Hall–Kier alpha value is -12.8. The highest BCUT2D eigenvalue weighted by molar-refractivity contribution is 7.00. The second-order valence-electron chi connectivity index (χ2n) is 25.1. The molecule has 97 heavy (non-hydrogen) atoms. The van der Waals surface area contributed by atoms with E-state index in [-0.39, 0.29) is 35.3 Å². The molecule has 0 saturated carbocycles. The number of aromatic nitrogens is 4. The molecule has 0 unspecified atom stereocenters. The van der Waals surface area contributed by atoms with Crippen molar-refractivity contribution in [3.63, 3.8) is 0 Å². The van der Waals surface area contributed by atoms with Crippen LogP contribution in [0.25, 0.3) is 132 Å². The Labute approximate surface area is 574 Å². The van der Waals surface area contributed by atoms with Crippen LogP contribution in [0.4, 0.5) is 34.1 Å². The van der Waals surface area contributed by atoms with E-state index in [0.29, 0.717) is 22.5 Å². The summed E-state index contributed by atoms with van der Waals surface area (Å²) in [5.74, 6) is 0. The van der Waals surface area contributed by atoms with Crippen LogP contribution in [0.1, 0.15) is 13.7 Å². The fraction of sp³-hybridized carbons (Fsp3) is 0. The molecule has 0 saturated heterocycles. The molecule has 0 amide bonds. The van der Waals surface area contributed by atoms with Gasteiger partial charge in [0, 0.05) is 88.3 Å². The van der Waals surface area contributed by atoms with Gasteiger partial charge in [0.25, 0.3) is 6.71 Å². The fourth-order valence-corrected chi connectivity index (χ4v) is 16.5. The molecule has 7 heteroatoms. The van der Waals surface area contributed by atoms with Crippen molar-refractivity contribution in [2.75, 3.05) is 9.80 Å². The Balaban J connectivity index is 0.877. The Bertz CT molecular complexity index is 6570. The van der Waals surface area contributed by atoms with Gasteiger partial charge in [0.05, 0.1) is 80.6 Å². The Morgan fingerprint density at radius 3 is 0.928 bits per heavy atom. The van der Waals surface area contributed by atoms with Gasteiger partial charge in [0.15, 0.2) is 0 Å². The van der Waals surface area contributed by atoms with Gasteiger partial charge in [-0.05, 0) is 125 Å². The minimum absolute atomic E-state index is 0.0489. The topological polar surface area (TPSA) is 26.2 Å². The zero-order valence-electron chi connectivity index (χ0n) is 61.9. The van der Waals surface area contributed by atoms with Gasteiger partial charge in [-0.25, -0.2) is 0 Å². The lowest BCUT2D eigenvalue weighted by molar-refractivity contribution is 1.13. The fourth-order valence-electron chi connectivity index (χ4n) is 16.5. The molecule has 6 nitrogen and oxygen atoms in total. The van der Waals surface area contributed by atoms with Crippen LogP contribution >= 0.6 is 0 Å². The largest absolute Gasteiger partial charge is 0.311 e. The van der Waals surface area contributed by atoms with Gasteiger partial charge in [0.1, 0.15) is 0 Å². The van der Waals surface area contributed by atoms with E-state index in [1.54, 1.807) is 0 Å². The number of nitrogens with zero attached hydrogens (tertiary/aromatic N) is 6. The van der Waals surface area contributed by atoms with Crippen molar-refractivity contribution in [2.24, 2.45) is 0 Å². The van der Waals surface area contributed by atoms with Crippen molar-refractivity contribution in [1.82, 2.24) is 18.3 Å². The first kappa shape index (κ1) is 44.7. The summed E-state index contributed by atoms with van der Waals surface area (Å²) in [6.07, 6.45) is 0. The van der Waals surface area contributed by atoms with E-state index >= 15 is 0 Å². The first-order valence-corrected chi connectivity index (χ1v) is 32.7. The minimum Gasteiger partial charge on any atom is -0.311 e. The number of rotatable bonds is 8. The summed E-state index contributed by atoms with van der Waals surface area (Å²) in [7, 11) is 0. The van der Waals surface area contributed by atoms with Gasteiger partial charge >= 0.3 is 0 Å². The number of benzene rings is 15. The molecule has 0 N–H and O–H groups in total. The molecule has 2 aliphatic heterocycles. The van der Waals surface area contributed by atoms with Crippen molar-refractivity contribution in [1.29, 1.82) is 0 Å². The van der Waals surface area contributed by atoms with Crippen LogP contribution in [-0.2, 0) is 0 Å². The highest BCUT2D eigenvalue weighted by Gasteiger charge is 2.44. The molecule has 0 bridgehead atoms. The predicted octanol–water partition coefficient (Wildman–Crippen LogP) is 21.5. The van der Waals surface area contributed by atoms with E-state index in [2.05, 4.69) is 259 Å². The average Bonchev–Trinajstić information content (AvgIpc) is 1.13. The second kappa shape index (κ2) is 20.8. The predicted molar refractivity (Wildman–Crippen MR) is 409 cm³/mol. The van der Waals surface area contributed by atoms with Crippen LogP contribution in [0.2, 0.25) is 0 Å². The Morgan fingerprint density at radius 2 is 0.536 bits per heavy atom. The van der Waals surface area contributed by atoms with Gasteiger partial charge in [-0.2, -0.15) is 0 Å². The van der Waals surface area contributed by atoms with Crippen LogP contribution in [0.15, 0.2) is 346 Å². The third kappa shape index (κ3) is 7.68. The van der Waals surface area contributed by atoms with Crippen LogP contribution in [-0.4, -0.2) is 25.0 Å². The maximum absolute atomic E-state index is 9.61. The van der Waals surface area contributed by atoms with Crippen LogP contribution in [0.5, 0.6) is 0 Å². The zero-order valence-corrected chi connectivity index (χ0v) is 51.9. The van der Waals surface area contributed by atoms with E-state index in [1.165, 1.54) is 0 Å². The SMILES string of the molecule is [2H]c1c([2H])c([2H])c(-c2ccccc2N2c3cc(-n4c5ccccc5c5cccc(-n6c7ccccc7c7ccccc76)c54)ccc3B3c4ccc(-n5c6ccccc6c6cccc(-n7c8ccccc8c8ccccc87)c65)cc4N(c4ccccc4-c4c([2H])c([2H])c([2H])c([2H])c4[2H])c4cccc2c43)c([2H])c1[2H]. The zero-order chi connectivity index (χ0) is 72.1. The van der Waals surface area contributed by atoms with Crippen molar-refractivity contribution in [3.05, 3.63) is 346 Å². The molecular formula is C90H57BN6. The highest BCUT2D eigenvalue weighted by atomic mass is 15.2. The summed E-state index contributed by atoms with van der Waals surface area (Å²) in [5, 5.41) is 8.79. The summed E-state index contributed by atoms with van der Waals surface area (Å²) in [6.45, 7) is -0.528. The number of anilines is 6. The molecule has 21 rings (SSSR count). The second-order valence-corrected chi connectivity index (χ2v) is 25.1. The van der Waals surface area contributed by atoms with Crippen molar-refractivity contribution >= 4 is 144 Å². The Morgan fingerprint density at radius 1 is 0.237 bits per heavy atom. The average molecular weight is 1240 g/mol. The van der Waals surface area contributed by atoms with Gasteiger partial charge in [-0.3, -0.25) is 0 Å². The molecule has 450 valence electrons.